The van der Waals surface area contributed by atoms with Gasteiger partial charge in [-0.2, -0.15) is 0 Å². The van der Waals surface area contributed by atoms with Crippen molar-refractivity contribution in [2.24, 2.45) is 0 Å². The molecule has 0 spiro atoms. The summed E-state index contributed by atoms with van der Waals surface area (Å²) >= 11 is 9.19. The number of amides is 2. The molecular formula is C14H12BrClN2O. The number of rotatable bonds is 2. The van der Waals surface area contributed by atoms with Crippen LogP contribution in [-0.2, 0) is 0 Å². The average molecular weight is 340 g/mol. The Kier molecular flexibility index (Phi) is 4.45. The maximum atomic E-state index is 11.8. The average Bonchev–Trinajstić information content (AvgIpc) is 2.37. The summed E-state index contributed by atoms with van der Waals surface area (Å²) in [4.78, 5) is 11.8. The minimum atomic E-state index is -0.293. The van der Waals surface area contributed by atoms with Crippen LogP contribution in [0.2, 0.25) is 5.02 Å². The lowest BCUT2D eigenvalue weighted by atomic mass is 10.2. The second kappa shape index (κ2) is 6.08. The third-order valence-corrected chi connectivity index (χ3v) is 3.70. The normalized spacial score (nSPS) is 10.1. The molecule has 5 heteroatoms. The van der Waals surface area contributed by atoms with Crippen molar-refractivity contribution in [2.45, 2.75) is 6.92 Å². The summed E-state index contributed by atoms with van der Waals surface area (Å²) in [5.74, 6) is 0. The van der Waals surface area contributed by atoms with Gasteiger partial charge in [0.05, 0.1) is 5.02 Å². The Bertz CT molecular complexity index is 599. The minimum absolute atomic E-state index is 0.293. The number of benzene rings is 2. The fraction of sp³-hybridized carbons (Fsp3) is 0.0714. The lowest BCUT2D eigenvalue weighted by Crippen LogP contribution is -2.19. The van der Waals surface area contributed by atoms with Crippen LogP contribution in [0.5, 0.6) is 0 Å². The van der Waals surface area contributed by atoms with E-state index in [9.17, 15) is 4.79 Å². The standard InChI is InChI=1S/C14H12BrClN2O/c1-9-2-4-10(5-3-9)17-14(19)18-11-6-7-13(16)12(15)8-11/h2-8H,1H3,(H2,17,18,19). The molecule has 2 N–H and O–H groups in total. The molecule has 2 amide bonds. The van der Waals surface area contributed by atoms with Crippen molar-refractivity contribution in [2.75, 3.05) is 10.6 Å². The van der Waals surface area contributed by atoms with Gasteiger partial charge in [-0.25, -0.2) is 4.79 Å². The number of hydrogen-bond acceptors (Lipinski definition) is 1. The Morgan fingerprint density at radius 2 is 1.63 bits per heavy atom. The predicted molar refractivity (Wildman–Crippen MR) is 83.0 cm³/mol. The molecular weight excluding hydrogens is 328 g/mol. The molecule has 0 aliphatic rings. The molecule has 0 fully saturated rings. The number of anilines is 2. The highest BCUT2D eigenvalue weighted by molar-refractivity contribution is 9.10. The van der Waals surface area contributed by atoms with E-state index in [2.05, 4.69) is 26.6 Å². The molecule has 0 saturated carbocycles. The molecule has 0 aliphatic carbocycles. The zero-order valence-electron chi connectivity index (χ0n) is 10.2. The van der Waals surface area contributed by atoms with Crippen molar-refractivity contribution < 1.29 is 4.79 Å². The Morgan fingerprint density at radius 3 is 2.26 bits per heavy atom. The fourth-order valence-electron chi connectivity index (χ4n) is 1.50. The zero-order valence-corrected chi connectivity index (χ0v) is 12.5. The van der Waals surface area contributed by atoms with Crippen molar-refractivity contribution >= 4 is 44.9 Å². The molecule has 2 rings (SSSR count). The third-order valence-electron chi connectivity index (χ3n) is 2.49. The molecule has 0 heterocycles. The van der Waals surface area contributed by atoms with E-state index in [-0.39, 0.29) is 6.03 Å². The van der Waals surface area contributed by atoms with E-state index in [1.807, 2.05) is 31.2 Å². The van der Waals surface area contributed by atoms with Gasteiger partial charge in [0, 0.05) is 15.8 Å². The lowest BCUT2D eigenvalue weighted by molar-refractivity contribution is 0.262. The van der Waals surface area contributed by atoms with E-state index in [4.69, 9.17) is 11.6 Å². The first-order valence-electron chi connectivity index (χ1n) is 5.64. The topological polar surface area (TPSA) is 41.1 Å². The Hall–Kier alpha value is -1.52. The Balaban J connectivity index is 2.01. The summed E-state index contributed by atoms with van der Waals surface area (Å²) in [5.41, 5.74) is 2.56. The van der Waals surface area contributed by atoms with Gasteiger partial charge in [0.2, 0.25) is 0 Å². The summed E-state index contributed by atoms with van der Waals surface area (Å²) in [5, 5.41) is 6.09. The molecule has 2 aromatic carbocycles. The monoisotopic (exact) mass is 338 g/mol. The number of hydrogen-bond donors (Lipinski definition) is 2. The second-order valence-electron chi connectivity index (χ2n) is 4.07. The van der Waals surface area contributed by atoms with E-state index < -0.39 is 0 Å². The zero-order chi connectivity index (χ0) is 13.8. The van der Waals surface area contributed by atoms with Crippen molar-refractivity contribution in [3.8, 4) is 0 Å². The highest BCUT2D eigenvalue weighted by atomic mass is 79.9. The second-order valence-corrected chi connectivity index (χ2v) is 5.34. The number of carbonyl (C=O) groups is 1. The molecule has 0 atom stereocenters. The van der Waals surface area contributed by atoms with Crippen LogP contribution in [0.4, 0.5) is 16.2 Å². The van der Waals surface area contributed by atoms with Crippen LogP contribution in [0.15, 0.2) is 46.9 Å². The number of halogens is 2. The van der Waals surface area contributed by atoms with Crippen molar-refractivity contribution in [1.82, 2.24) is 0 Å². The predicted octanol–water partition coefficient (Wildman–Crippen LogP) is 5.05. The third kappa shape index (κ3) is 3.98. The van der Waals surface area contributed by atoms with Crippen LogP contribution >= 0.6 is 27.5 Å². The molecule has 0 aromatic heterocycles. The van der Waals surface area contributed by atoms with E-state index in [1.54, 1.807) is 18.2 Å². The molecule has 0 radical (unpaired) electrons. The Morgan fingerprint density at radius 1 is 1.05 bits per heavy atom. The van der Waals surface area contributed by atoms with E-state index in [0.29, 0.717) is 10.7 Å². The summed E-state index contributed by atoms with van der Waals surface area (Å²) < 4.78 is 0.738. The first kappa shape index (κ1) is 13.9. The largest absolute Gasteiger partial charge is 0.323 e. The van der Waals surface area contributed by atoms with Crippen LogP contribution in [0.1, 0.15) is 5.56 Å². The van der Waals surface area contributed by atoms with Crippen LogP contribution in [0.25, 0.3) is 0 Å². The first-order chi connectivity index (χ1) is 9.04. The molecule has 2 aromatic rings. The fourth-order valence-corrected chi connectivity index (χ4v) is 2.00. The van der Waals surface area contributed by atoms with Crippen LogP contribution in [0, 0.1) is 6.92 Å². The quantitative estimate of drug-likeness (QED) is 0.789. The van der Waals surface area contributed by atoms with E-state index in [1.165, 1.54) is 0 Å². The van der Waals surface area contributed by atoms with Gasteiger partial charge >= 0.3 is 6.03 Å². The number of nitrogens with one attached hydrogen (secondary N) is 2. The highest BCUT2D eigenvalue weighted by Gasteiger charge is 2.04. The molecule has 0 aliphatic heterocycles. The van der Waals surface area contributed by atoms with Gasteiger partial charge < -0.3 is 10.6 Å². The first-order valence-corrected chi connectivity index (χ1v) is 6.81. The van der Waals surface area contributed by atoms with Gasteiger partial charge in [0.1, 0.15) is 0 Å². The Labute approximate surface area is 125 Å². The van der Waals surface area contributed by atoms with E-state index in [0.717, 1.165) is 15.7 Å². The van der Waals surface area contributed by atoms with Crippen molar-refractivity contribution in [1.29, 1.82) is 0 Å². The van der Waals surface area contributed by atoms with Crippen LogP contribution in [0.3, 0.4) is 0 Å². The van der Waals surface area contributed by atoms with Gasteiger partial charge in [-0.15, -0.1) is 0 Å². The lowest BCUT2D eigenvalue weighted by Gasteiger charge is -2.08. The maximum Gasteiger partial charge on any atom is 0.323 e. The van der Waals surface area contributed by atoms with Gasteiger partial charge in [-0.05, 0) is 53.2 Å². The van der Waals surface area contributed by atoms with Gasteiger partial charge in [0.25, 0.3) is 0 Å². The van der Waals surface area contributed by atoms with Gasteiger partial charge in [-0.1, -0.05) is 29.3 Å². The smallest absolute Gasteiger partial charge is 0.308 e. The van der Waals surface area contributed by atoms with Crippen molar-refractivity contribution in [3.63, 3.8) is 0 Å². The summed E-state index contributed by atoms with van der Waals surface area (Å²) in [7, 11) is 0. The molecule has 98 valence electrons. The molecule has 19 heavy (non-hydrogen) atoms. The number of aryl methyl sites for hydroxylation is 1. The number of urea groups is 1. The summed E-state index contributed by atoms with van der Waals surface area (Å²) in [6.45, 7) is 2.00. The van der Waals surface area contributed by atoms with Crippen LogP contribution < -0.4 is 10.6 Å². The van der Waals surface area contributed by atoms with Gasteiger partial charge in [0.15, 0.2) is 0 Å². The van der Waals surface area contributed by atoms with Gasteiger partial charge in [-0.3, -0.25) is 0 Å². The van der Waals surface area contributed by atoms with Crippen molar-refractivity contribution in [3.05, 3.63) is 57.5 Å². The van der Waals surface area contributed by atoms with E-state index >= 15 is 0 Å². The molecule has 3 nitrogen and oxygen atoms in total. The summed E-state index contributed by atoms with van der Waals surface area (Å²) in [6.07, 6.45) is 0. The molecule has 0 saturated heterocycles. The SMILES string of the molecule is Cc1ccc(NC(=O)Nc2ccc(Cl)c(Br)c2)cc1. The van der Waals surface area contributed by atoms with Crippen LogP contribution in [-0.4, -0.2) is 6.03 Å². The minimum Gasteiger partial charge on any atom is -0.308 e. The molecule has 0 unspecified atom stereocenters. The maximum absolute atomic E-state index is 11.8. The number of carbonyl (C=O) groups excluding carboxylic acids is 1. The summed E-state index contributed by atoms with van der Waals surface area (Å²) in [6, 6.07) is 12.5. The highest BCUT2D eigenvalue weighted by Crippen LogP contribution is 2.25. The molecule has 0 bridgehead atoms.